The van der Waals surface area contributed by atoms with Gasteiger partial charge in [0, 0.05) is 0 Å². The predicted octanol–water partition coefficient (Wildman–Crippen LogP) is 4.40. The lowest BCUT2D eigenvalue weighted by atomic mass is 10.0. The van der Waals surface area contributed by atoms with E-state index < -0.39 is 15.8 Å². The zero-order valence-electron chi connectivity index (χ0n) is 11.6. The summed E-state index contributed by atoms with van der Waals surface area (Å²) < 4.78 is 40.4. The third kappa shape index (κ3) is 3.54. The van der Waals surface area contributed by atoms with Crippen LogP contribution in [0.1, 0.15) is 25.3 Å². The van der Waals surface area contributed by atoms with Crippen molar-refractivity contribution < 1.29 is 12.8 Å². The second-order valence-corrected chi connectivity index (χ2v) is 7.02. The Hall–Kier alpha value is -1.59. The minimum atomic E-state index is -3.84. The van der Waals surface area contributed by atoms with Gasteiger partial charge >= 0.3 is 0 Å². The Bertz CT molecular complexity index is 743. The molecule has 0 aliphatic carbocycles. The van der Waals surface area contributed by atoms with Crippen molar-refractivity contribution in [2.75, 3.05) is 4.72 Å². The van der Waals surface area contributed by atoms with E-state index in [9.17, 15) is 12.8 Å². The van der Waals surface area contributed by atoms with Crippen LogP contribution in [-0.2, 0) is 10.0 Å². The number of hydrogen-bond donors (Lipinski definition) is 1. The van der Waals surface area contributed by atoms with Gasteiger partial charge in [-0.15, -0.1) is 0 Å². The van der Waals surface area contributed by atoms with Gasteiger partial charge in [0.1, 0.15) is 0 Å². The maximum atomic E-state index is 13.8. The number of hydrogen-bond acceptors (Lipinski definition) is 2. The maximum Gasteiger partial charge on any atom is 0.261 e. The number of nitrogens with one attached hydrogen (secondary N) is 1. The first-order valence-electron chi connectivity index (χ1n) is 6.38. The predicted molar refractivity (Wildman–Crippen MR) is 82.7 cm³/mol. The molecule has 1 N–H and O–H groups in total. The second-order valence-electron chi connectivity index (χ2n) is 4.93. The van der Waals surface area contributed by atoms with Crippen molar-refractivity contribution in [3.8, 4) is 0 Å². The fourth-order valence-electron chi connectivity index (χ4n) is 1.82. The van der Waals surface area contributed by atoms with Crippen molar-refractivity contribution in [1.82, 2.24) is 0 Å². The number of rotatable bonds is 4. The van der Waals surface area contributed by atoms with E-state index in [1.165, 1.54) is 30.3 Å². The molecule has 2 rings (SSSR count). The van der Waals surface area contributed by atoms with Crippen LogP contribution in [0.4, 0.5) is 10.1 Å². The highest BCUT2D eigenvalue weighted by molar-refractivity contribution is 7.92. The number of anilines is 1. The van der Waals surface area contributed by atoms with Crippen LogP contribution in [-0.4, -0.2) is 8.42 Å². The van der Waals surface area contributed by atoms with Crippen molar-refractivity contribution >= 4 is 27.3 Å². The lowest BCUT2D eigenvalue weighted by Crippen LogP contribution is -2.14. The summed E-state index contributed by atoms with van der Waals surface area (Å²) in [6, 6.07) is 10.6. The molecule has 0 amide bonds. The average molecular weight is 328 g/mol. The first-order valence-corrected chi connectivity index (χ1v) is 8.24. The molecule has 6 heteroatoms. The summed E-state index contributed by atoms with van der Waals surface area (Å²) in [5, 5.41) is -0.134. The van der Waals surface area contributed by atoms with Gasteiger partial charge in [-0.25, -0.2) is 12.8 Å². The summed E-state index contributed by atoms with van der Waals surface area (Å²) >= 11 is 5.63. The van der Waals surface area contributed by atoms with Crippen LogP contribution in [0.2, 0.25) is 5.02 Å². The normalized spacial score (nSPS) is 11.7. The standard InChI is InChI=1S/C15H15ClFNO2S/c1-10(2)11-6-8-12(9-7-11)21(19,20)18-14-5-3-4-13(16)15(14)17/h3-10,18H,1-2H3. The Morgan fingerprint density at radius 3 is 2.29 bits per heavy atom. The van der Waals surface area contributed by atoms with Crippen molar-refractivity contribution in [1.29, 1.82) is 0 Å². The van der Waals surface area contributed by atoms with E-state index in [-0.39, 0.29) is 15.6 Å². The van der Waals surface area contributed by atoms with Gasteiger partial charge in [-0.2, -0.15) is 0 Å². The zero-order chi connectivity index (χ0) is 15.6. The summed E-state index contributed by atoms with van der Waals surface area (Å²) in [5.41, 5.74) is 0.860. The maximum absolute atomic E-state index is 13.8. The molecule has 0 spiro atoms. The first kappa shape index (κ1) is 15.8. The van der Waals surface area contributed by atoms with Crippen LogP contribution in [0.25, 0.3) is 0 Å². The molecule has 3 nitrogen and oxygen atoms in total. The van der Waals surface area contributed by atoms with Crippen molar-refractivity contribution in [3.63, 3.8) is 0 Å². The molecule has 0 bridgehead atoms. The summed E-state index contributed by atoms with van der Waals surface area (Å²) in [5.74, 6) is -0.485. The Kier molecular flexibility index (Phi) is 4.54. The number of benzene rings is 2. The van der Waals surface area contributed by atoms with Crippen LogP contribution in [0, 0.1) is 5.82 Å². The Balaban J connectivity index is 2.32. The highest BCUT2D eigenvalue weighted by Gasteiger charge is 2.17. The Morgan fingerprint density at radius 2 is 1.71 bits per heavy atom. The minimum absolute atomic E-state index is 0.0753. The van der Waals surface area contributed by atoms with Crippen molar-refractivity contribution in [3.05, 3.63) is 58.9 Å². The molecule has 0 radical (unpaired) electrons. The van der Waals surface area contributed by atoms with Gasteiger partial charge in [0.25, 0.3) is 10.0 Å². The summed E-state index contributed by atoms with van der Waals surface area (Å²) in [4.78, 5) is 0.0753. The molecule has 0 saturated carbocycles. The van der Waals surface area contributed by atoms with E-state index in [2.05, 4.69) is 4.72 Å². The molecule has 0 atom stereocenters. The van der Waals surface area contributed by atoms with Gasteiger partial charge in [-0.05, 0) is 35.7 Å². The van der Waals surface area contributed by atoms with E-state index in [1.54, 1.807) is 12.1 Å². The van der Waals surface area contributed by atoms with Crippen LogP contribution < -0.4 is 4.72 Å². The molecule has 0 aliphatic rings. The van der Waals surface area contributed by atoms with E-state index in [1.807, 2.05) is 13.8 Å². The molecule has 0 unspecified atom stereocenters. The minimum Gasteiger partial charge on any atom is -0.277 e. The third-order valence-electron chi connectivity index (χ3n) is 3.05. The molecule has 2 aromatic rings. The van der Waals surface area contributed by atoms with Crippen LogP contribution in [0.15, 0.2) is 47.4 Å². The van der Waals surface area contributed by atoms with Crippen LogP contribution in [0.5, 0.6) is 0 Å². The van der Waals surface area contributed by atoms with Crippen molar-refractivity contribution in [2.45, 2.75) is 24.7 Å². The van der Waals surface area contributed by atoms with Gasteiger partial charge in [0.05, 0.1) is 15.6 Å². The number of sulfonamides is 1. The smallest absolute Gasteiger partial charge is 0.261 e. The molecule has 0 fully saturated rings. The average Bonchev–Trinajstić information content (AvgIpc) is 2.44. The van der Waals surface area contributed by atoms with E-state index in [0.717, 1.165) is 5.56 Å². The molecular weight excluding hydrogens is 313 g/mol. The molecule has 112 valence electrons. The molecule has 0 heterocycles. The van der Waals surface area contributed by atoms with E-state index in [0.29, 0.717) is 5.92 Å². The molecular formula is C15H15ClFNO2S. The first-order chi connectivity index (χ1) is 9.81. The van der Waals surface area contributed by atoms with E-state index in [4.69, 9.17) is 11.6 Å². The lowest BCUT2D eigenvalue weighted by molar-refractivity contribution is 0.598. The fraction of sp³-hybridized carbons (Fsp3) is 0.200. The zero-order valence-corrected chi connectivity index (χ0v) is 13.2. The van der Waals surface area contributed by atoms with Gasteiger partial charge in [0.15, 0.2) is 5.82 Å². The topological polar surface area (TPSA) is 46.2 Å². The Labute approximate surface area is 128 Å². The second kappa shape index (κ2) is 6.03. The third-order valence-corrected chi connectivity index (χ3v) is 4.73. The van der Waals surface area contributed by atoms with Crippen LogP contribution in [0.3, 0.4) is 0 Å². The lowest BCUT2D eigenvalue weighted by Gasteiger charge is -2.11. The van der Waals surface area contributed by atoms with E-state index >= 15 is 0 Å². The molecule has 21 heavy (non-hydrogen) atoms. The summed E-state index contributed by atoms with van der Waals surface area (Å²) in [6.07, 6.45) is 0. The van der Waals surface area contributed by atoms with Gasteiger partial charge < -0.3 is 0 Å². The quantitative estimate of drug-likeness (QED) is 0.904. The molecule has 0 aromatic heterocycles. The molecule has 2 aromatic carbocycles. The summed E-state index contributed by atoms with van der Waals surface area (Å²) in [7, 11) is -3.84. The van der Waals surface area contributed by atoms with Crippen LogP contribution >= 0.6 is 11.6 Å². The fourth-order valence-corrected chi connectivity index (χ4v) is 3.05. The van der Waals surface area contributed by atoms with Gasteiger partial charge in [-0.1, -0.05) is 43.6 Å². The monoisotopic (exact) mass is 327 g/mol. The summed E-state index contributed by atoms with van der Waals surface area (Å²) in [6.45, 7) is 4.03. The highest BCUT2D eigenvalue weighted by Crippen LogP contribution is 2.25. The van der Waals surface area contributed by atoms with Gasteiger partial charge in [-0.3, -0.25) is 4.72 Å². The van der Waals surface area contributed by atoms with Crippen molar-refractivity contribution in [2.24, 2.45) is 0 Å². The highest BCUT2D eigenvalue weighted by atomic mass is 35.5. The SMILES string of the molecule is CC(C)c1ccc(S(=O)(=O)Nc2cccc(Cl)c2F)cc1. The molecule has 0 saturated heterocycles. The largest absolute Gasteiger partial charge is 0.277 e. The molecule has 0 aliphatic heterocycles. The Morgan fingerprint density at radius 1 is 1.10 bits per heavy atom. The number of halogens is 2. The van der Waals surface area contributed by atoms with Gasteiger partial charge in [0.2, 0.25) is 0 Å².